The molecule has 2 aromatic heterocycles. The fourth-order valence-corrected chi connectivity index (χ4v) is 5.12. The number of hydrogen-bond acceptors (Lipinski definition) is 7. The number of benzene rings is 2. The maximum absolute atomic E-state index is 15.0. The Balaban J connectivity index is 1.11. The molecule has 37 heavy (non-hydrogen) atoms. The lowest BCUT2D eigenvalue weighted by molar-refractivity contribution is 0.00794. The lowest BCUT2D eigenvalue weighted by Gasteiger charge is -2.16. The highest BCUT2D eigenvalue weighted by molar-refractivity contribution is 5.95. The summed E-state index contributed by atoms with van der Waals surface area (Å²) in [7, 11) is 0. The maximum atomic E-state index is 15.0. The Morgan fingerprint density at radius 2 is 1.59 bits per heavy atom. The Bertz CT molecular complexity index is 1480. The largest absolute Gasteiger partial charge is 0.476 e. The monoisotopic (exact) mass is 501 g/mol. The number of nitrogens with one attached hydrogen (secondary N) is 1. The summed E-state index contributed by atoms with van der Waals surface area (Å²) in [4.78, 5) is 12.0. The summed E-state index contributed by atoms with van der Waals surface area (Å²) in [5.41, 5.74) is 5.08. The Morgan fingerprint density at radius 3 is 2.32 bits per heavy atom. The van der Waals surface area contributed by atoms with E-state index in [9.17, 15) is 5.11 Å². The number of nitrogens with zero attached hydrogens (tertiary/aromatic N) is 2. The van der Waals surface area contributed by atoms with Gasteiger partial charge in [0.25, 0.3) is 0 Å². The number of halogens is 1. The molecule has 1 unspecified atom stereocenters. The molecule has 2 fully saturated rings. The molecule has 2 N–H and O–H groups in total. The lowest BCUT2D eigenvalue weighted by atomic mass is 10.0. The van der Waals surface area contributed by atoms with Crippen molar-refractivity contribution in [2.75, 3.05) is 26.4 Å². The summed E-state index contributed by atoms with van der Waals surface area (Å²) >= 11 is 0. The summed E-state index contributed by atoms with van der Waals surface area (Å²) in [5, 5.41) is 9.93. The number of pyridine rings is 1. The number of rotatable bonds is 5. The molecule has 0 amide bonds. The van der Waals surface area contributed by atoms with E-state index in [1.165, 1.54) is 6.07 Å². The summed E-state index contributed by atoms with van der Waals surface area (Å²) in [6.45, 7) is 1.87. The maximum Gasteiger partial charge on any atom is 0.216 e. The van der Waals surface area contributed by atoms with Gasteiger partial charge in [-0.2, -0.15) is 0 Å². The van der Waals surface area contributed by atoms with Crippen LogP contribution in [0.1, 0.15) is 5.56 Å². The third-order valence-electron chi connectivity index (χ3n) is 7.00. The first-order valence-electron chi connectivity index (χ1n) is 12.3. The molecule has 5 heterocycles. The van der Waals surface area contributed by atoms with Gasteiger partial charge < -0.3 is 29.0 Å². The molecule has 0 spiro atoms. The summed E-state index contributed by atoms with van der Waals surface area (Å²) in [5.74, 6) is 0.705. The summed E-state index contributed by atoms with van der Waals surface area (Å²) < 4.78 is 37.8. The van der Waals surface area contributed by atoms with E-state index in [-0.39, 0.29) is 30.6 Å². The minimum absolute atomic E-state index is 0.229. The van der Waals surface area contributed by atoms with Crippen LogP contribution in [0.3, 0.4) is 0 Å². The zero-order valence-corrected chi connectivity index (χ0v) is 19.8. The highest BCUT2D eigenvalue weighted by Gasteiger charge is 2.48. The van der Waals surface area contributed by atoms with Gasteiger partial charge in [-0.15, -0.1) is 0 Å². The van der Waals surface area contributed by atoms with Gasteiger partial charge in [0.1, 0.15) is 30.6 Å². The standard InChI is InChI=1S/C28H24FN3O5/c29-19-11-20-21(12-24(31-20)37-23-14-36-26-22(33)13-35-27(23)26)32-25(19)17-5-1-15(2-6-17)16-3-7-18(8-4-16)28-30-9-10-34-28/h1-8,11-12,22-23,26-27,31,33H,9-10,13-14H2/t22-,23-,26?,27-/m1/s1. The molecule has 3 aliphatic heterocycles. The molecule has 3 aliphatic rings. The van der Waals surface area contributed by atoms with Crippen molar-refractivity contribution < 1.29 is 28.4 Å². The Labute approximate surface area is 211 Å². The fraction of sp³-hybridized carbons (Fsp3) is 0.286. The van der Waals surface area contributed by atoms with E-state index in [1.54, 1.807) is 6.07 Å². The molecular formula is C28H24FN3O5. The van der Waals surface area contributed by atoms with Crippen LogP contribution in [0.15, 0.2) is 65.7 Å². The van der Waals surface area contributed by atoms with Crippen LogP contribution in [-0.2, 0) is 14.2 Å². The minimum Gasteiger partial charge on any atom is -0.476 e. The van der Waals surface area contributed by atoms with Crippen LogP contribution in [0.25, 0.3) is 33.4 Å². The van der Waals surface area contributed by atoms with Crippen molar-refractivity contribution >= 4 is 16.9 Å². The van der Waals surface area contributed by atoms with Gasteiger partial charge in [0.2, 0.25) is 5.90 Å². The van der Waals surface area contributed by atoms with Crippen molar-refractivity contribution in [1.82, 2.24) is 9.97 Å². The van der Waals surface area contributed by atoms with Gasteiger partial charge in [-0.05, 0) is 23.3 Å². The van der Waals surface area contributed by atoms with Gasteiger partial charge >= 0.3 is 0 Å². The molecule has 7 rings (SSSR count). The molecule has 9 heteroatoms. The molecule has 0 radical (unpaired) electrons. The molecule has 4 atom stereocenters. The third kappa shape index (κ3) is 4.05. The number of aromatic nitrogens is 2. The predicted molar refractivity (Wildman–Crippen MR) is 134 cm³/mol. The lowest BCUT2D eigenvalue weighted by Crippen LogP contribution is -2.34. The molecule has 188 valence electrons. The van der Waals surface area contributed by atoms with E-state index in [1.807, 2.05) is 48.5 Å². The van der Waals surface area contributed by atoms with Crippen LogP contribution in [0.2, 0.25) is 0 Å². The zero-order valence-electron chi connectivity index (χ0n) is 19.8. The van der Waals surface area contributed by atoms with Gasteiger partial charge in [0.05, 0.1) is 30.8 Å². The number of aliphatic imine (C=N–C) groups is 1. The van der Waals surface area contributed by atoms with Crippen molar-refractivity contribution in [3.8, 4) is 28.3 Å². The van der Waals surface area contributed by atoms with Gasteiger partial charge in [0.15, 0.2) is 17.8 Å². The predicted octanol–water partition coefficient (Wildman–Crippen LogP) is 3.72. The SMILES string of the molecule is O[C@@H]1CO[C@H]2C1OC[C@H]2Oc1cc2nc(-c3ccc(-c4ccc(C5=NCCO5)cc4)cc3)c(F)cc2[nH]1. The number of fused-ring (bicyclic) bond motifs is 2. The number of H-pyrrole nitrogens is 1. The minimum atomic E-state index is -0.646. The molecule has 0 aliphatic carbocycles. The Kier molecular flexibility index (Phi) is 5.42. The molecule has 2 saturated heterocycles. The molecule has 0 saturated carbocycles. The van der Waals surface area contributed by atoms with Crippen molar-refractivity contribution in [3.63, 3.8) is 0 Å². The molecule has 0 bridgehead atoms. The topological polar surface area (TPSA) is 98.2 Å². The van der Waals surface area contributed by atoms with Crippen LogP contribution in [0.5, 0.6) is 5.88 Å². The highest BCUT2D eigenvalue weighted by Crippen LogP contribution is 2.32. The van der Waals surface area contributed by atoms with Crippen LogP contribution in [-0.4, -0.2) is 71.8 Å². The zero-order chi connectivity index (χ0) is 24.9. The smallest absolute Gasteiger partial charge is 0.216 e. The number of aliphatic hydroxyl groups is 1. The Hall–Kier alpha value is -3.79. The molecule has 4 aromatic rings. The van der Waals surface area contributed by atoms with Gasteiger partial charge in [-0.1, -0.05) is 36.4 Å². The average molecular weight is 502 g/mol. The van der Waals surface area contributed by atoms with Crippen molar-refractivity contribution in [1.29, 1.82) is 0 Å². The first kappa shape index (κ1) is 22.4. The highest BCUT2D eigenvalue weighted by atomic mass is 19.1. The van der Waals surface area contributed by atoms with Crippen LogP contribution in [0, 0.1) is 5.82 Å². The van der Waals surface area contributed by atoms with Crippen LogP contribution >= 0.6 is 0 Å². The fourth-order valence-electron chi connectivity index (χ4n) is 5.12. The van der Waals surface area contributed by atoms with E-state index >= 15 is 4.39 Å². The van der Waals surface area contributed by atoms with Crippen molar-refractivity contribution in [3.05, 3.63) is 72.0 Å². The van der Waals surface area contributed by atoms with E-state index in [0.29, 0.717) is 48.1 Å². The van der Waals surface area contributed by atoms with Gasteiger partial charge in [0, 0.05) is 23.3 Å². The van der Waals surface area contributed by atoms with Crippen molar-refractivity contribution in [2.45, 2.75) is 24.4 Å². The average Bonchev–Trinajstić information content (AvgIpc) is 3.71. The van der Waals surface area contributed by atoms with Gasteiger partial charge in [-0.25, -0.2) is 14.4 Å². The van der Waals surface area contributed by atoms with Gasteiger partial charge in [-0.3, -0.25) is 0 Å². The number of ether oxygens (including phenoxy) is 4. The van der Waals surface area contributed by atoms with Crippen LogP contribution < -0.4 is 4.74 Å². The molecular weight excluding hydrogens is 477 g/mol. The number of aliphatic hydroxyl groups excluding tert-OH is 1. The first-order valence-corrected chi connectivity index (χ1v) is 12.3. The van der Waals surface area contributed by atoms with E-state index in [0.717, 1.165) is 16.7 Å². The van der Waals surface area contributed by atoms with Crippen LogP contribution in [0.4, 0.5) is 4.39 Å². The van der Waals surface area contributed by atoms with Crippen molar-refractivity contribution in [2.24, 2.45) is 4.99 Å². The summed E-state index contributed by atoms with van der Waals surface area (Å²) in [6.07, 6.45) is -1.72. The summed E-state index contributed by atoms with van der Waals surface area (Å²) in [6, 6.07) is 18.8. The van der Waals surface area contributed by atoms with E-state index in [4.69, 9.17) is 18.9 Å². The quantitative estimate of drug-likeness (QED) is 0.433. The number of aromatic amines is 1. The Morgan fingerprint density at radius 1 is 0.892 bits per heavy atom. The second-order valence-electron chi connectivity index (χ2n) is 9.39. The molecule has 2 aromatic carbocycles. The number of hydrogen-bond donors (Lipinski definition) is 2. The van der Waals surface area contributed by atoms with E-state index < -0.39 is 11.9 Å². The van der Waals surface area contributed by atoms with E-state index in [2.05, 4.69) is 15.0 Å². The normalized spacial score (nSPS) is 24.8. The molecule has 8 nitrogen and oxygen atoms in total. The second-order valence-corrected chi connectivity index (χ2v) is 9.39. The third-order valence-corrected chi connectivity index (χ3v) is 7.00. The first-order chi connectivity index (χ1) is 18.1. The second kappa shape index (κ2) is 8.95.